The second-order valence-corrected chi connectivity index (χ2v) is 7.43. The van der Waals surface area contributed by atoms with E-state index in [-0.39, 0.29) is 5.56 Å². The molecule has 0 bridgehead atoms. The molecule has 3 aromatic rings. The molecular formula is C20H19Cl2N3O2. The predicted molar refractivity (Wildman–Crippen MR) is 109 cm³/mol. The van der Waals surface area contributed by atoms with Crippen LogP contribution in [0.15, 0.2) is 42.5 Å². The zero-order chi connectivity index (χ0) is 19.6. The molecule has 5 nitrogen and oxygen atoms in total. The fourth-order valence-electron chi connectivity index (χ4n) is 2.81. The van der Waals surface area contributed by atoms with Gasteiger partial charge in [0.15, 0.2) is 0 Å². The number of carboxylic acid groups (broad SMARTS) is 1. The third-order valence-electron chi connectivity index (χ3n) is 3.99. The van der Waals surface area contributed by atoms with Gasteiger partial charge in [-0.15, -0.1) is 0 Å². The molecule has 0 unspecified atom stereocenters. The molecule has 0 saturated carbocycles. The van der Waals surface area contributed by atoms with Crippen LogP contribution in [0.5, 0.6) is 0 Å². The Labute approximate surface area is 167 Å². The van der Waals surface area contributed by atoms with Crippen LogP contribution in [0.3, 0.4) is 0 Å². The lowest BCUT2D eigenvalue weighted by Gasteiger charge is -2.06. The number of nitrogens with zero attached hydrogens (tertiary/aromatic N) is 1. The standard InChI is InChI=1S/C20H19Cl2N3O2/c1-11(2)9-17-18(12-7-8-14(21)15(22)10-12)25-20(24-17)23-16-6-4-3-5-13(16)19(26)27/h3-8,10-11H,9H2,1-2H3,(H,26,27)(H2,23,24,25). The van der Waals surface area contributed by atoms with E-state index in [0.717, 1.165) is 23.4 Å². The smallest absolute Gasteiger partial charge is 0.337 e. The Morgan fingerprint density at radius 2 is 1.93 bits per heavy atom. The van der Waals surface area contributed by atoms with E-state index in [4.69, 9.17) is 23.2 Å². The van der Waals surface area contributed by atoms with Crippen LogP contribution in [0, 0.1) is 5.92 Å². The first kappa shape index (κ1) is 19.3. The Morgan fingerprint density at radius 1 is 1.19 bits per heavy atom. The normalized spacial score (nSPS) is 11.0. The molecule has 0 radical (unpaired) electrons. The summed E-state index contributed by atoms with van der Waals surface area (Å²) in [4.78, 5) is 19.3. The second kappa shape index (κ2) is 8.03. The molecule has 1 heterocycles. The zero-order valence-electron chi connectivity index (χ0n) is 14.9. The third-order valence-corrected chi connectivity index (χ3v) is 4.73. The average Bonchev–Trinajstić information content (AvgIpc) is 2.99. The zero-order valence-corrected chi connectivity index (χ0v) is 16.4. The van der Waals surface area contributed by atoms with E-state index in [9.17, 15) is 9.90 Å². The van der Waals surface area contributed by atoms with Crippen LogP contribution in [-0.4, -0.2) is 21.0 Å². The van der Waals surface area contributed by atoms with Gasteiger partial charge in [-0.1, -0.05) is 55.2 Å². The molecular weight excluding hydrogens is 385 g/mol. The van der Waals surface area contributed by atoms with Gasteiger partial charge in [0.25, 0.3) is 0 Å². The summed E-state index contributed by atoms with van der Waals surface area (Å²) in [6, 6.07) is 12.1. The monoisotopic (exact) mass is 403 g/mol. The first-order valence-electron chi connectivity index (χ1n) is 8.48. The number of aromatic carboxylic acids is 1. The lowest BCUT2D eigenvalue weighted by atomic mass is 10.0. The summed E-state index contributed by atoms with van der Waals surface area (Å²) >= 11 is 12.2. The highest BCUT2D eigenvalue weighted by atomic mass is 35.5. The minimum Gasteiger partial charge on any atom is -0.478 e. The van der Waals surface area contributed by atoms with Crippen LogP contribution in [0.4, 0.5) is 11.6 Å². The second-order valence-electron chi connectivity index (χ2n) is 6.62. The first-order chi connectivity index (χ1) is 12.8. The van der Waals surface area contributed by atoms with Gasteiger partial charge in [0.2, 0.25) is 5.95 Å². The maximum atomic E-state index is 11.4. The maximum Gasteiger partial charge on any atom is 0.337 e. The number of rotatable bonds is 6. The number of hydrogen-bond donors (Lipinski definition) is 3. The van der Waals surface area contributed by atoms with E-state index < -0.39 is 5.97 Å². The van der Waals surface area contributed by atoms with Crippen LogP contribution >= 0.6 is 23.2 Å². The van der Waals surface area contributed by atoms with Gasteiger partial charge in [0, 0.05) is 11.3 Å². The van der Waals surface area contributed by atoms with E-state index in [1.807, 2.05) is 6.07 Å². The minimum absolute atomic E-state index is 0.176. The summed E-state index contributed by atoms with van der Waals surface area (Å²) in [6.45, 7) is 4.23. The maximum absolute atomic E-state index is 11.4. The highest BCUT2D eigenvalue weighted by Crippen LogP contribution is 2.32. The van der Waals surface area contributed by atoms with Crippen molar-refractivity contribution in [3.05, 3.63) is 63.8 Å². The van der Waals surface area contributed by atoms with Crippen LogP contribution in [0.1, 0.15) is 29.9 Å². The minimum atomic E-state index is -1.00. The molecule has 0 aliphatic rings. The van der Waals surface area contributed by atoms with Gasteiger partial charge in [-0.3, -0.25) is 0 Å². The number of nitrogens with one attached hydrogen (secondary N) is 2. The molecule has 3 N–H and O–H groups in total. The van der Waals surface area contributed by atoms with Crippen LogP contribution < -0.4 is 5.32 Å². The molecule has 0 saturated heterocycles. The van der Waals surface area contributed by atoms with Crippen molar-refractivity contribution in [2.45, 2.75) is 20.3 Å². The number of hydrogen-bond acceptors (Lipinski definition) is 3. The lowest BCUT2D eigenvalue weighted by Crippen LogP contribution is -2.03. The number of halogens is 2. The number of benzene rings is 2. The van der Waals surface area contributed by atoms with E-state index in [0.29, 0.717) is 27.6 Å². The summed E-state index contributed by atoms with van der Waals surface area (Å²) in [5, 5.41) is 13.4. The number of anilines is 2. The summed E-state index contributed by atoms with van der Waals surface area (Å²) in [7, 11) is 0. The molecule has 2 aromatic carbocycles. The number of carbonyl (C=O) groups is 1. The summed E-state index contributed by atoms with van der Waals surface area (Å²) in [5.41, 5.74) is 3.19. The Balaban J connectivity index is 2.02. The molecule has 0 aliphatic carbocycles. The summed E-state index contributed by atoms with van der Waals surface area (Å²) < 4.78 is 0. The van der Waals surface area contributed by atoms with Crippen molar-refractivity contribution in [2.24, 2.45) is 5.92 Å². The van der Waals surface area contributed by atoms with E-state index >= 15 is 0 Å². The fraction of sp³-hybridized carbons (Fsp3) is 0.200. The SMILES string of the molecule is CC(C)Cc1[nH]c(Nc2ccccc2C(=O)O)nc1-c1ccc(Cl)c(Cl)c1. The van der Waals surface area contributed by atoms with Gasteiger partial charge in [-0.2, -0.15) is 0 Å². The van der Waals surface area contributed by atoms with Crippen molar-refractivity contribution in [1.29, 1.82) is 0 Å². The Kier molecular flexibility index (Phi) is 5.73. The van der Waals surface area contributed by atoms with E-state index in [1.165, 1.54) is 0 Å². The van der Waals surface area contributed by atoms with Crippen molar-refractivity contribution in [3.63, 3.8) is 0 Å². The number of H-pyrrole nitrogens is 1. The topological polar surface area (TPSA) is 78.0 Å². The molecule has 7 heteroatoms. The van der Waals surface area contributed by atoms with Crippen molar-refractivity contribution >= 4 is 40.8 Å². The number of imidazole rings is 1. The highest BCUT2D eigenvalue weighted by Gasteiger charge is 2.16. The highest BCUT2D eigenvalue weighted by molar-refractivity contribution is 6.42. The van der Waals surface area contributed by atoms with Crippen molar-refractivity contribution in [1.82, 2.24) is 9.97 Å². The van der Waals surface area contributed by atoms with Gasteiger partial charge in [0.05, 0.1) is 27.0 Å². The van der Waals surface area contributed by atoms with E-state index in [2.05, 4.69) is 29.1 Å². The molecule has 0 fully saturated rings. The molecule has 0 spiro atoms. The lowest BCUT2D eigenvalue weighted by molar-refractivity contribution is 0.0698. The van der Waals surface area contributed by atoms with Gasteiger partial charge in [-0.05, 0) is 36.6 Å². The van der Waals surface area contributed by atoms with Crippen LogP contribution in [-0.2, 0) is 6.42 Å². The fourth-order valence-corrected chi connectivity index (χ4v) is 3.11. The van der Waals surface area contributed by atoms with Gasteiger partial charge in [-0.25, -0.2) is 9.78 Å². The number of para-hydroxylation sites is 1. The third kappa shape index (κ3) is 4.43. The van der Waals surface area contributed by atoms with Gasteiger partial charge in [0.1, 0.15) is 0 Å². The summed E-state index contributed by atoms with van der Waals surface area (Å²) in [5.74, 6) is -0.122. The quantitative estimate of drug-likeness (QED) is 0.469. The van der Waals surface area contributed by atoms with Crippen molar-refractivity contribution < 1.29 is 9.90 Å². The number of aromatic amines is 1. The Morgan fingerprint density at radius 3 is 2.59 bits per heavy atom. The predicted octanol–water partition coefficient (Wildman–Crippen LogP) is 6.02. The number of carboxylic acids is 1. The van der Waals surface area contributed by atoms with Crippen molar-refractivity contribution in [2.75, 3.05) is 5.32 Å². The number of aromatic nitrogens is 2. The van der Waals surface area contributed by atoms with E-state index in [1.54, 1.807) is 36.4 Å². The van der Waals surface area contributed by atoms with Crippen LogP contribution in [0.2, 0.25) is 10.0 Å². The van der Waals surface area contributed by atoms with Gasteiger partial charge >= 0.3 is 5.97 Å². The first-order valence-corrected chi connectivity index (χ1v) is 9.24. The molecule has 3 rings (SSSR count). The molecule has 140 valence electrons. The molecule has 0 aliphatic heterocycles. The molecule has 0 amide bonds. The van der Waals surface area contributed by atoms with Crippen molar-refractivity contribution in [3.8, 4) is 11.3 Å². The molecule has 27 heavy (non-hydrogen) atoms. The summed E-state index contributed by atoms with van der Waals surface area (Å²) in [6.07, 6.45) is 0.783. The average molecular weight is 404 g/mol. The Hall–Kier alpha value is -2.50. The Bertz CT molecular complexity index is 983. The van der Waals surface area contributed by atoms with Crippen LogP contribution in [0.25, 0.3) is 11.3 Å². The largest absolute Gasteiger partial charge is 0.478 e. The molecule has 1 aromatic heterocycles. The van der Waals surface area contributed by atoms with Gasteiger partial charge < -0.3 is 15.4 Å². The molecule has 0 atom stereocenters.